The normalized spacial score (nSPS) is 20.7. The van der Waals surface area contributed by atoms with E-state index >= 15 is 0 Å². The minimum Gasteiger partial charge on any atom is -0.394 e. The molecule has 1 aliphatic heterocycles. The number of nitrogens with zero attached hydrogens (tertiary/aromatic N) is 2. The molecule has 0 saturated carbocycles. The molecule has 1 N–H and O–H groups in total. The standard InChI is InChI=1S/C11H24N2O3S/c1-4-9-17(15,16)13-7-5-12(6-8-13)11(2,3)10-14/h14H,4-10H2,1-3H3. The average molecular weight is 264 g/mol. The Labute approximate surface area is 104 Å². The fourth-order valence-electron chi connectivity index (χ4n) is 2.06. The van der Waals surface area contributed by atoms with E-state index in [2.05, 4.69) is 4.90 Å². The van der Waals surface area contributed by atoms with Crippen LogP contribution in [-0.4, -0.2) is 66.8 Å². The van der Waals surface area contributed by atoms with E-state index in [4.69, 9.17) is 0 Å². The minimum atomic E-state index is -3.06. The molecule has 6 heteroatoms. The summed E-state index contributed by atoms with van der Waals surface area (Å²) in [5, 5.41) is 9.28. The van der Waals surface area contributed by atoms with Crippen LogP contribution in [-0.2, 0) is 10.0 Å². The van der Waals surface area contributed by atoms with Gasteiger partial charge in [0.25, 0.3) is 0 Å². The summed E-state index contributed by atoms with van der Waals surface area (Å²) < 4.78 is 25.3. The van der Waals surface area contributed by atoms with Gasteiger partial charge in [-0.2, -0.15) is 4.31 Å². The molecule has 1 heterocycles. The first kappa shape index (κ1) is 14.9. The quantitative estimate of drug-likeness (QED) is 0.766. The Bertz CT molecular complexity index is 333. The number of rotatable bonds is 5. The molecule has 17 heavy (non-hydrogen) atoms. The third-order valence-electron chi connectivity index (χ3n) is 3.34. The first-order chi connectivity index (χ1) is 7.83. The van der Waals surface area contributed by atoms with Crippen LogP contribution in [0.15, 0.2) is 0 Å². The van der Waals surface area contributed by atoms with Crippen molar-refractivity contribution in [1.82, 2.24) is 9.21 Å². The lowest BCUT2D eigenvalue weighted by molar-refractivity contribution is 0.0334. The topological polar surface area (TPSA) is 60.9 Å². The van der Waals surface area contributed by atoms with Gasteiger partial charge in [-0.25, -0.2) is 8.42 Å². The third kappa shape index (κ3) is 3.64. The summed E-state index contributed by atoms with van der Waals surface area (Å²) in [6.07, 6.45) is 0.657. The van der Waals surface area contributed by atoms with E-state index in [1.165, 1.54) is 0 Å². The van der Waals surface area contributed by atoms with Crippen LogP contribution >= 0.6 is 0 Å². The average Bonchev–Trinajstić information content (AvgIpc) is 2.29. The second kappa shape index (κ2) is 5.65. The lowest BCUT2D eigenvalue weighted by atomic mass is 10.0. The van der Waals surface area contributed by atoms with Crippen LogP contribution in [0.1, 0.15) is 27.2 Å². The molecule has 1 saturated heterocycles. The molecule has 1 fully saturated rings. The van der Waals surface area contributed by atoms with Crippen LogP contribution in [0.25, 0.3) is 0 Å². The second-order valence-electron chi connectivity index (χ2n) is 5.17. The SMILES string of the molecule is CCCS(=O)(=O)N1CCN(C(C)(C)CO)CC1. The van der Waals surface area contributed by atoms with E-state index in [1.807, 2.05) is 20.8 Å². The molecule has 0 aromatic carbocycles. The number of aliphatic hydroxyl groups excluding tert-OH is 1. The van der Waals surface area contributed by atoms with Crippen LogP contribution in [0.2, 0.25) is 0 Å². The molecular weight excluding hydrogens is 240 g/mol. The molecule has 0 bridgehead atoms. The smallest absolute Gasteiger partial charge is 0.214 e. The molecule has 0 radical (unpaired) electrons. The zero-order chi connectivity index (χ0) is 13.1. The van der Waals surface area contributed by atoms with E-state index in [0.29, 0.717) is 32.6 Å². The van der Waals surface area contributed by atoms with Gasteiger partial charge >= 0.3 is 0 Å². The summed E-state index contributed by atoms with van der Waals surface area (Å²) in [6.45, 7) is 8.37. The molecule has 0 aromatic rings. The maximum atomic E-state index is 11.9. The van der Waals surface area contributed by atoms with Crippen molar-refractivity contribution in [2.75, 3.05) is 38.5 Å². The predicted molar refractivity (Wildman–Crippen MR) is 68.4 cm³/mol. The Kier molecular flexibility index (Phi) is 4.95. The molecular formula is C11H24N2O3S. The maximum Gasteiger partial charge on any atom is 0.214 e. The van der Waals surface area contributed by atoms with E-state index in [-0.39, 0.29) is 17.9 Å². The highest BCUT2D eigenvalue weighted by atomic mass is 32.2. The highest BCUT2D eigenvalue weighted by Gasteiger charge is 2.32. The lowest BCUT2D eigenvalue weighted by Gasteiger charge is -2.42. The molecule has 0 aliphatic carbocycles. The summed E-state index contributed by atoms with van der Waals surface area (Å²) in [4.78, 5) is 2.14. The van der Waals surface area contributed by atoms with Crippen molar-refractivity contribution in [3.8, 4) is 0 Å². The van der Waals surface area contributed by atoms with E-state index in [0.717, 1.165) is 0 Å². The summed E-state index contributed by atoms with van der Waals surface area (Å²) in [7, 11) is -3.06. The van der Waals surface area contributed by atoms with Crippen molar-refractivity contribution in [3.05, 3.63) is 0 Å². The number of aliphatic hydroxyl groups is 1. The molecule has 5 nitrogen and oxygen atoms in total. The monoisotopic (exact) mass is 264 g/mol. The molecule has 1 rings (SSSR count). The van der Waals surface area contributed by atoms with Gasteiger partial charge in [-0.1, -0.05) is 6.92 Å². The van der Waals surface area contributed by atoms with Gasteiger partial charge < -0.3 is 5.11 Å². The highest BCUT2D eigenvalue weighted by Crippen LogP contribution is 2.18. The summed E-state index contributed by atoms with van der Waals surface area (Å²) in [5.74, 6) is 0.233. The first-order valence-corrected chi connectivity index (χ1v) is 7.78. The summed E-state index contributed by atoms with van der Waals surface area (Å²) >= 11 is 0. The molecule has 0 spiro atoms. The molecule has 1 aliphatic rings. The molecule has 0 unspecified atom stereocenters. The van der Waals surface area contributed by atoms with E-state index in [9.17, 15) is 13.5 Å². The third-order valence-corrected chi connectivity index (χ3v) is 5.41. The van der Waals surface area contributed by atoms with Crippen LogP contribution < -0.4 is 0 Å². The number of sulfonamides is 1. The van der Waals surface area contributed by atoms with Crippen LogP contribution in [0.4, 0.5) is 0 Å². The molecule has 0 atom stereocenters. The summed E-state index contributed by atoms with van der Waals surface area (Å²) in [6, 6.07) is 0. The lowest BCUT2D eigenvalue weighted by Crippen LogP contribution is -2.57. The van der Waals surface area contributed by atoms with Crippen molar-refractivity contribution in [2.24, 2.45) is 0 Å². The number of hydrogen-bond acceptors (Lipinski definition) is 4. The van der Waals surface area contributed by atoms with Crippen molar-refractivity contribution < 1.29 is 13.5 Å². The van der Waals surface area contributed by atoms with Crippen molar-refractivity contribution >= 4 is 10.0 Å². The number of hydrogen-bond donors (Lipinski definition) is 1. The van der Waals surface area contributed by atoms with Gasteiger partial charge in [0.15, 0.2) is 0 Å². The van der Waals surface area contributed by atoms with Gasteiger partial charge in [-0.15, -0.1) is 0 Å². The van der Waals surface area contributed by atoms with Crippen molar-refractivity contribution in [3.63, 3.8) is 0 Å². The van der Waals surface area contributed by atoms with Gasteiger partial charge in [0.05, 0.1) is 12.4 Å². The molecule has 0 amide bonds. The Morgan fingerprint density at radius 3 is 2.12 bits per heavy atom. The fraction of sp³-hybridized carbons (Fsp3) is 1.00. The zero-order valence-corrected chi connectivity index (χ0v) is 11.8. The predicted octanol–water partition coefficient (Wildman–Crippen LogP) is 0.115. The Balaban J connectivity index is 2.57. The van der Waals surface area contributed by atoms with Crippen molar-refractivity contribution in [1.29, 1.82) is 0 Å². The summed E-state index contributed by atoms with van der Waals surface area (Å²) in [5.41, 5.74) is -0.263. The molecule has 102 valence electrons. The second-order valence-corrected chi connectivity index (χ2v) is 7.26. The fourth-order valence-corrected chi connectivity index (χ4v) is 3.55. The zero-order valence-electron chi connectivity index (χ0n) is 11.0. The minimum absolute atomic E-state index is 0.0920. The van der Waals surface area contributed by atoms with Gasteiger partial charge in [-0.3, -0.25) is 4.90 Å². The maximum absolute atomic E-state index is 11.9. The van der Waals surface area contributed by atoms with Crippen LogP contribution in [0.5, 0.6) is 0 Å². The van der Waals surface area contributed by atoms with Crippen molar-refractivity contribution in [2.45, 2.75) is 32.7 Å². The Morgan fingerprint density at radius 1 is 1.18 bits per heavy atom. The van der Waals surface area contributed by atoms with Crippen LogP contribution in [0, 0.1) is 0 Å². The van der Waals surface area contributed by atoms with E-state index in [1.54, 1.807) is 4.31 Å². The van der Waals surface area contributed by atoms with Gasteiger partial charge in [-0.05, 0) is 20.3 Å². The Hall–Kier alpha value is -0.170. The van der Waals surface area contributed by atoms with Crippen LogP contribution in [0.3, 0.4) is 0 Å². The van der Waals surface area contributed by atoms with Gasteiger partial charge in [0.2, 0.25) is 10.0 Å². The largest absolute Gasteiger partial charge is 0.394 e. The first-order valence-electron chi connectivity index (χ1n) is 6.17. The van der Waals surface area contributed by atoms with Gasteiger partial charge in [0, 0.05) is 31.7 Å². The molecule has 0 aromatic heterocycles. The Morgan fingerprint density at radius 2 is 1.71 bits per heavy atom. The van der Waals surface area contributed by atoms with Gasteiger partial charge in [0.1, 0.15) is 0 Å². The van der Waals surface area contributed by atoms with E-state index < -0.39 is 10.0 Å². The number of piperazine rings is 1. The highest BCUT2D eigenvalue weighted by molar-refractivity contribution is 7.89.